The molecule has 1 aromatic heterocycles. The molecule has 18 heavy (non-hydrogen) atoms. The van der Waals surface area contributed by atoms with E-state index in [0.29, 0.717) is 0 Å². The van der Waals surface area contributed by atoms with Crippen molar-refractivity contribution in [3.63, 3.8) is 0 Å². The summed E-state index contributed by atoms with van der Waals surface area (Å²) in [6.45, 7) is 2.07. The average molecular weight is 240 g/mol. The Morgan fingerprint density at radius 1 is 1.33 bits per heavy atom. The second kappa shape index (κ2) is 4.42. The Kier molecular flexibility index (Phi) is 2.76. The van der Waals surface area contributed by atoms with E-state index in [-0.39, 0.29) is 12.1 Å². The van der Waals surface area contributed by atoms with Gasteiger partial charge in [-0.3, -0.25) is 4.98 Å². The van der Waals surface area contributed by atoms with Gasteiger partial charge < -0.3 is 10.5 Å². The number of nitrogens with zero attached hydrogens (tertiary/aromatic N) is 1. The summed E-state index contributed by atoms with van der Waals surface area (Å²) in [5, 5.41) is 0. The van der Waals surface area contributed by atoms with Crippen LogP contribution in [0.4, 0.5) is 0 Å². The molecule has 0 bridgehead atoms. The maximum atomic E-state index is 6.24. The lowest BCUT2D eigenvalue weighted by Crippen LogP contribution is -2.24. The normalized spacial score (nSPS) is 22.1. The van der Waals surface area contributed by atoms with Gasteiger partial charge in [0.25, 0.3) is 0 Å². The predicted octanol–water partition coefficient (Wildman–Crippen LogP) is 2.91. The van der Waals surface area contributed by atoms with Crippen molar-refractivity contribution in [2.75, 3.05) is 0 Å². The minimum absolute atomic E-state index is 0.00362. The molecular weight excluding hydrogens is 224 g/mol. The topological polar surface area (TPSA) is 48.1 Å². The van der Waals surface area contributed by atoms with E-state index in [1.54, 1.807) is 6.20 Å². The van der Waals surface area contributed by atoms with Crippen molar-refractivity contribution < 1.29 is 4.74 Å². The lowest BCUT2D eigenvalue weighted by molar-refractivity contribution is 0.161. The van der Waals surface area contributed by atoms with Crippen LogP contribution in [0.2, 0.25) is 0 Å². The summed E-state index contributed by atoms with van der Waals surface area (Å²) in [4.78, 5) is 4.13. The fraction of sp³-hybridized carbons (Fsp3) is 0.267. The van der Waals surface area contributed by atoms with Crippen LogP contribution < -0.4 is 10.5 Å². The molecule has 3 rings (SSSR count). The maximum absolute atomic E-state index is 6.24. The third kappa shape index (κ3) is 1.97. The molecule has 2 N–H and O–H groups in total. The van der Waals surface area contributed by atoms with Gasteiger partial charge in [-0.2, -0.15) is 0 Å². The standard InChI is InChI=1S/C15H16N2O/c1-10-4-5-14-12(7-10)13(16)8-15(18-14)11-3-2-6-17-9-11/h2-7,9,13,15H,8,16H2,1H3/t13-,15?/m1/s1. The monoisotopic (exact) mass is 240 g/mol. The highest BCUT2D eigenvalue weighted by Gasteiger charge is 2.27. The molecule has 0 radical (unpaired) electrons. The highest BCUT2D eigenvalue weighted by Crippen LogP contribution is 2.39. The van der Waals surface area contributed by atoms with Crippen molar-refractivity contribution in [3.05, 3.63) is 59.4 Å². The van der Waals surface area contributed by atoms with Crippen molar-refractivity contribution in [3.8, 4) is 5.75 Å². The average Bonchev–Trinajstić information content (AvgIpc) is 2.40. The number of fused-ring (bicyclic) bond motifs is 1. The van der Waals surface area contributed by atoms with Gasteiger partial charge in [-0.25, -0.2) is 0 Å². The fourth-order valence-corrected chi connectivity index (χ4v) is 2.39. The number of hydrogen-bond donors (Lipinski definition) is 1. The van der Waals surface area contributed by atoms with E-state index in [1.807, 2.05) is 24.4 Å². The first-order chi connectivity index (χ1) is 8.74. The molecule has 2 heterocycles. The van der Waals surface area contributed by atoms with Crippen LogP contribution in [0.15, 0.2) is 42.7 Å². The van der Waals surface area contributed by atoms with Crippen LogP contribution in [-0.2, 0) is 0 Å². The molecule has 0 amide bonds. The van der Waals surface area contributed by atoms with E-state index in [1.165, 1.54) is 5.56 Å². The van der Waals surface area contributed by atoms with Crippen molar-refractivity contribution in [1.82, 2.24) is 4.98 Å². The first-order valence-electron chi connectivity index (χ1n) is 6.17. The van der Waals surface area contributed by atoms with E-state index in [9.17, 15) is 0 Å². The molecule has 3 nitrogen and oxygen atoms in total. The summed E-state index contributed by atoms with van der Waals surface area (Å²) >= 11 is 0. The molecule has 0 aliphatic carbocycles. The number of benzene rings is 1. The summed E-state index contributed by atoms with van der Waals surface area (Å²) in [5.41, 5.74) is 9.65. The smallest absolute Gasteiger partial charge is 0.127 e. The van der Waals surface area contributed by atoms with E-state index >= 15 is 0 Å². The number of rotatable bonds is 1. The molecule has 92 valence electrons. The maximum Gasteiger partial charge on any atom is 0.127 e. The van der Waals surface area contributed by atoms with Crippen molar-refractivity contribution >= 4 is 0 Å². The number of aromatic nitrogens is 1. The Bertz CT molecular complexity index is 554. The molecule has 0 saturated heterocycles. The van der Waals surface area contributed by atoms with Gasteiger partial charge in [-0.05, 0) is 19.1 Å². The van der Waals surface area contributed by atoms with E-state index in [2.05, 4.69) is 24.0 Å². The van der Waals surface area contributed by atoms with Gasteiger partial charge in [0.2, 0.25) is 0 Å². The fourth-order valence-electron chi connectivity index (χ4n) is 2.39. The molecule has 2 aromatic rings. The van der Waals surface area contributed by atoms with Crippen LogP contribution in [0.1, 0.15) is 35.3 Å². The highest BCUT2D eigenvalue weighted by atomic mass is 16.5. The minimum Gasteiger partial charge on any atom is -0.485 e. The number of aryl methyl sites for hydroxylation is 1. The molecule has 0 fully saturated rings. The first-order valence-corrected chi connectivity index (χ1v) is 6.17. The molecule has 2 atom stereocenters. The summed E-state index contributed by atoms with van der Waals surface area (Å²) in [6.07, 6.45) is 4.41. The SMILES string of the molecule is Cc1ccc2c(c1)[C@H](N)CC(c1cccnc1)O2. The van der Waals surface area contributed by atoms with E-state index in [0.717, 1.165) is 23.3 Å². The van der Waals surface area contributed by atoms with Crippen LogP contribution in [0.5, 0.6) is 5.75 Å². The van der Waals surface area contributed by atoms with Gasteiger partial charge in [0.05, 0.1) is 0 Å². The number of ether oxygens (including phenoxy) is 1. The van der Waals surface area contributed by atoms with Crippen LogP contribution >= 0.6 is 0 Å². The number of nitrogens with two attached hydrogens (primary N) is 1. The molecule has 1 unspecified atom stereocenters. The molecule has 0 saturated carbocycles. The van der Waals surface area contributed by atoms with Gasteiger partial charge in [0, 0.05) is 36.0 Å². The van der Waals surface area contributed by atoms with Gasteiger partial charge in [-0.15, -0.1) is 0 Å². The molecule has 0 spiro atoms. The summed E-state index contributed by atoms with van der Waals surface area (Å²) in [7, 11) is 0. The van der Waals surface area contributed by atoms with Gasteiger partial charge in [-0.1, -0.05) is 23.8 Å². The zero-order valence-electron chi connectivity index (χ0n) is 10.3. The quantitative estimate of drug-likeness (QED) is 0.833. The van der Waals surface area contributed by atoms with Crippen LogP contribution in [0, 0.1) is 6.92 Å². The lowest BCUT2D eigenvalue weighted by atomic mass is 9.93. The Morgan fingerprint density at radius 3 is 3.00 bits per heavy atom. The largest absolute Gasteiger partial charge is 0.485 e. The highest BCUT2D eigenvalue weighted by molar-refractivity contribution is 5.41. The zero-order chi connectivity index (χ0) is 12.5. The number of hydrogen-bond acceptors (Lipinski definition) is 3. The molecular formula is C15H16N2O. The van der Waals surface area contributed by atoms with Gasteiger partial charge in [0.15, 0.2) is 0 Å². The third-order valence-electron chi connectivity index (χ3n) is 3.36. The second-order valence-electron chi connectivity index (χ2n) is 4.78. The van der Waals surface area contributed by atoms with Crippen LogP contribution in [-0.4, -0.2) is 4.98 Å². The summed E-state index contributed by atoms with van der Waals surface area (Å²) in [6, 6.07) is 10.2. The van der Waals surface area contributed by atoms with Crippen molar-refractivity contribution in [2.24, 2.45) is 5.73 Å². The third-order valence-corrected chi connectivity index (χ3v) is 3.36. The van der Waals surface area contributed by atoms with E-state index in [4.69, 9.17) is 10.5 Å². The molecule has 1 aromatic carbocycles. The Hall–Kier alpha value is -1.87. The summed E-state index contributed by atoms with van der Waals surface area (Å²) in [5.74, 6) is 0.896. The minimum atomic E-state index is 0.00362. The Morgan fingerprint density at radius 2 is 2.22 bits per heavy atom. The molecule has 3 heteroatoms. The molecule has 1 aliphatic heterocycles. The van der Waals surface area contributed by atoms with Gasteiger partial charge >= 0.3 is 0 Å². The van der Waals surface area contributed by atoms with Crippen molar-refractivity contribution in [2.45, 2.75) is 25.5 Å². The second-order valence-corrected chi connectivity index (χ2v) is 4.78. The lowest BCUT2D eigenvalue weighted by Gasteiger charge is -2.30. The van der Waals surface area contributed by atoms with Gasteiger partial charge in [0.1, 0.15) is 11.9 Å². The van der Waals surface area contributed by atoms with E-state index < -0.39 is 0 Å². The Labute approximate surface area is 107 Å². The first kappa shape index (κ1) is 11.2. The summed E-state index contributed by atoms with van der Waals surface area (Å²) < 4.78 is 6.02. The van der Waals surface area contributed by atoms with Crippen molar-refractivity contribution in [1.29, 1.82) is 0 Å². The van der Waals surface area contributed by atoms with Crippen LogP contribution in [0.3, 0.4) is 0 Å². The zero-order valence-corrected chi connectivity index (χ0v) is 10.3. The Balaban J connectivity index is 1.95. The predicted molar refractivity (Wildman–Crippen MR) is 70.3 cm³/mol. The molecule has 1 aliphatic rings. The van der Waals surface area contributed by atoms with Crippen LogP contribution in [0.25, 0.3) is 0 Å². The number of pyridine rings is 1.